The van der Waals surface area contributed by atoms with Gasteiger partial charge in [-0.25, -0.2) is 4.98 Å². The Morgan fingerprint density at radius 1 is 0.500 bits per heavy atom. The second-order valence-electron chi connectivity index (χ2n) is 10.8. The highest BCUT2D eigenvalue weighted by Gasteiger charge is 2.23. The van der Waals surface area contributed by atoms with Crippen LogP contribution in [0.15, 0.2) is 132 Å². The van der Waals surface area contributed by atoms with Gasteiger partial charge in [0.25, 0.3) is 0 Å². The third kappa shape index (κ3) is 2.83. The second-order valence-corrected chi connectivity index (χ2v) is 11.8. The second kappa shape index (κ2) is 8.09. The van der Waals surface area contributed by atoms with Crippen molar-refractivity contribution < 1.29 is 4.42 Å². The minimum atomic E-state index is 0.896. The van der Waals surface area contributed by atoms with Crippen molar-refractivity contribution >= 4 is 87.1 Å². The van der Waals surface area contributed by atoms with Crippen LogP contribution in [-0.4, -0.2) is 14.1 Å². The lowest BCUT2D eigenvalue weighted by Gasteiger charge is -2.10. The van der Waals surface area contributed by atoms with E-state index in [-0.39, 0.29) is 0 Å². The Bertz CT molecular complexity index is 2690. The molecule has 4 nitrogen and oxygen atoms in total. The Morgan fingerprint density at radius 2 is 1.12 bits per heavy atom. The highest BCUT2D eigenvalue weighted by atomic mass is 32.1. The van der Waals surface area contributed by atoms with Gasteiger partial charge in [0, 0.05) is 38.0 Å². The molecule has 5 heteroatoms. The van der Waals surface area contributed by atoms with E-state index in [1.165, 1.54) is 38.1 Å². The van der Waals surface area contributed by atoms with Crippen molar-refractivity contribution in [1.29, 1.82) is 0 Å². The number of furan rings is 1. The van der Waals surface area contributed by atoms with Gasteiger partial charge >= 0.3 is 0 Å². The van der Waals surface area contributed by atoms with Crippen molar-refractivity contribution in [1.82, 2.24) is 14.1 Å². The minimum absolute atomic E-state index is 0.896. The molecular weight excluding hydrogens is 534 g/mol. The number of para-hydroxylation sites is 4. The Morgan fingerprint density at radius 3 is 1.88 bits per heavy atom. The zero-order chi connectivity index (χ0) is 27.4. The first-order valence-electron chi connectivity index (χ1n) is 14.1. The van der Waals surface area contributed by atoms with E-state index in [1.54, 1.807) is 11.3 Å². The van der Waals surface area contributed by atoms with E-state index in [0.717, 1.165) is 48.5 Å². The van der Waals surface area contributed by atoms with Crippen molar-refractivity contribution in [3.63, 3.8) is 0 Å². The van der Waals surface area contributed by atoms with Crippen LogP contribution in [0.3, 0.4) is 0 Å². The van der Waals surface area contributed by atoms with Gasteiger partial charge in [0.05, 0.1) is 32.3 Å². The number of hydrogen-bond acceptors (Lipinski definition) is 3. The Kier molecular flexibility index (Phi) is 4.30. The summed E-state index contributed by atoms with van der Waals surface area (Å²) in [4.78, 5) is 5.29. The summed E-state index contributed by atoms with van der Waals surface area (Å²) in [7, 11) is 0. The number of benzene rings is 6. The highest BCUT2D eigenvalue weighted by Crippen LogP contribution is 2.44. The molecule has 4 aromatic heterocycles. The standard InChI is InChI=1S/C37H21N3OS/c1-2-10-22(11-3-1)39-29-15-7-4-12-23(29)25-18-19-26-24-13-5-8-16-30(24)40(35(26)34(25)39)37-38-28-20-21-32-33(36(28)42-37)27-14-6-9-17-31(27)41-32/h1-21H. The number of thiazole rings is 1. The average Bonchev–Trinajstić information content (AvgIpc) is 3.79. The molecule has 42 heavy (non-hydrogen) atoms. The molecule has 0 aliphatic rings. The molecule has 0 radical (unpaired) electrons. The largest absolute Gasteiger partial charge is 0.456 e. The molecular formula is C37H21N3OS. The van der Waals surface area contributed by atoms with Crippen molar-refractivity contribution in [2.45, 2.75) is 0 Å². The van der Waals surface area contributed by atoms with Gasteiger partial charge in [-0.05, 0) is 42.5 Å². The predicted molar refractivity (Wildman–Crippen MR) is 176 cm³/mol. The predicted octanol–water partition coefficient (Wildman–Crippen LogP) is 10.4. The minimum Gasteiger partial charge on any atom is -0.456 e. The number of rotatable bonds is 2. The molecule has 0 aliphatic heterocycles. The van der Waals surface area contributed by atoms with Crippen LogP contribution < -0.4 is 0 Å². The van der Waals surface area contributed by atoms with Gasteiger partial charge in [0.15, 0.2) is 5.13 Å². The third-order valence-electron chi connectivity index (χ3n) is 8.56. The quantitative estimate of drug-likeness (QED) is 0.213. The van der Waals surface area contributed by atoms with Crippen molar-refractivity contribution in [2.75, 3.05) is 0 Å². The van der Waals surface area contributed by atoms with Gasteiger partial charge in [-0.2, -0.15) is 0 Å². The van der Waals surface area contributed by atoms with E-state index in [0.29, 0.717) is 0 Å². The smallest absolute Gasteiger partial charge is 0.195 e. The summed E-state index contributed by atoms with van der Waals surface area (Å²) in [6, 6.07) is 45.1. The first-order chi connectivity index (χ1) is 20.8. The Labute approximate surface area is 243 Å². The third-order valence-corrected chi connectivity index (χ3v) is 9.63. The van der Waals surface area contributed by atoms with E-state index in [1.807, 2.05) is 12.1 Å². The van der Waals surface area contributed by atoms with Crippen LogP contribution in [0.5, 0.6) is 0 Å². The summed E-state index contributed by atoms with van der Waals surface area (Å²) in [6.07, 6.45) is 0. The summed E-state index contributed by atoms with van der Waals surface area (Å²) in [5, 5.41) is 8.12. The maximum Gasteiger partial charge on any atom is 0.195 e. The van der Waals surface area contributed by atoms with E-state index >= 15 is 0 Å². The SMILES string of the molecule is c1ccc(-n2c3ccccc3c3ccc4c5ccccc5n(-c5nc6ccc7oc8ccccc8c7c6s5)c4c32)cc1. The molecule has 0 aliphatic carbocycles. The molecule has 0 atom stereocenters. The van der Waals surface area contributed by atoms with Crippen LogP contribution in [-0.2, 0) is 0 Å². The lowest BCUT2D eigenvalue weighted by atomic mass is 10.1. The first kappa shape index (κ1) is 22.3. The van der Waals surface area contributed by atoms with E-state index in [9.17, 15) is 0 Å². The fraction of sp³-hybridized carbons (Fsp3) is 0. The van der Waals surface area contributed by atoms with Crippen molar-refractivity contribution in [3.8, 4) is 10.8 Å². The molecule has 196 valence electrons. The van der Waals surface area contributed by atoms with Crippen LogP contribution in [0, 0.1) is 0 Å². The molecule has 4 heterocycles. The fourth-order valence-electron chi connectivity index (χ4n) is 6.82. The Balaban J connectivity index is 1.42. The maximum absolute atomic E-state index is 6.23. The van der Waals surface area contributed by atoms with Gasteiger partial charge in [0.2, 0.25) is 0 Å². The van der Waals surface area contributed by atoms with Crippen molar-refractivity contribution in [2.24, 2.45) is 0 Å². The van der Waals surface area contributed by atoms with Gasteiger partial charge in [-0.1, -0.05) is 96.3 Å². The van der Waals surface area contributed by atoms with E-state index in [4.69, 9.17) is 9.40 Å². The molecule has 6 aromatic carbocycles. The zero-order valence-electron chi connectivity index (χ0n) is 22.3. The molecule has 0 saturated heterocycles. The normalized spacial score (nSPS) is 12.3. The molecule has 0 spiro atoms. The van der Waals surface area contributed by atoms with Gasteiger partial charge in [-0.15, -0.1) is 0 Å². The number of aromatic nitrogens is 3. The highest BCUT2D eigenvalue weighted by molar-refractivity contribution is 7.22. The maximum atomic E-state index is 6.23. The lowest BCUT2D eigenvalue weighted by Crippen LogP contribution is -1.98. The van der Waals surface area contributed by atoms with Crippen LogP contribution >= 0.6 is 11.3 Å². The molecule has 0 amide bonds. The lowest BCUT2D eigenvalue weighted by molar-refractivity contribution is 0.669. The number of fused-ring (bicyclic) bond motifs is 12. The number of hydrogen-bond donors (Lipinski definition) is 0. The first-order valence-corrected chi connectivity index (χ1v) is 14.9. The van der Waals surface area contributed by atoms with E-state index in [2.05, 4.69) is 124 Å². The summed E-state index contributed by atoms with van der Waals surface area (Å²) in [6.45, 7) is 0. The molecule has 10 aromatic rings. The fourth-order valence-corrected chi connectivity index (χ4v) is 7.96. The average molecular weight is 556 g/mol. The Hall–Kier alpha value is -5.39. The molecule has 0 saturated carbocycles. The molecule has 0 unspecified atom stereocenters. The summed E-state index contributed by atoms with van der Waals surface area (Å²) < 4.78 is 12.2. The summed E-state index contributed by atoms with van der Waals surface area (Å²) in [5.41, 5.74) is 8.62. The van der Waals surface area contributed by atoms with Crippen LogP contribution in [0.1, 0.15) is 0 Å². The van der Waals surface area contributed by atoms with Gasteiger partial charge < -0.3 is 8.98 Å². The van der Waals surface area contributed by atoms with Gasteiger partial charge in [0.1, 0.15) is 11.2 Å². The molecule has 0 fully saturated rings. The summed E-state index contributed by atoms with van der Waals surface area (Å²) in [5.74, 6) is 0. The molecule has 0 N–H and O–H groups in total. The van der Waals surface area contributed by atoms with Crippen LogP contribution in [0.4, 0.5) is 0 Å². The molecule has 0 bridgehead atoms. The monoisotopic (exact) mass is 555 g/mol. The van der Waals surface area contributed by atoms with Gasteiger partial charge in [-0.3, -0.25) is 4.57 Å². The van der Waals surface area contributed by atoms with Crippen LogP contribution in [0.25, 0.3) is 86.6 Å². The topological polar surface area (TPSA) is 35.9 Å². The number of nitrogens with zero attached hydrogens (tertiary/aromatic N) is 3. The summed E-state index contributed by atoms with van der Waals surface area (Å²) >= 11 is 1.73. The van der Waals surface area contributed by atoms with Crippen molar-refractivity contribution in [3.05, 3.63) is 127 Å². The van der Waals surface area contributed by atoms with E-state index < -0.39 is 0 Å². The zero-order valence-corrected chi connectivity index (χ0v) is 23.1. The van der Waals surface area contributed by atoms with Crippen LogP contribution in [0.2, 0.25) is 0 Å². The molecule has 10 rings (SSSR count).